The minimum atomic E-state index is -0.973. The van der Waals surface area contributed by atoms with Crippen molar-refractivity contribution < 1.29 is 47.8 Å². The molecule has 0 radical (unpaired) electrons. The predicted octanol–water partition coefficient (Wildman–Crippen LogP) is 3.63. The summed E-state index contributed by atoms with van der Waals surface area (Å²) >= 11 is 0. The standard InChI is InChI=1S/C28H50N2O8/c1-29(2,3)21-23(19-25(31)32)37-27(35)17-15-13-11-9-7-8-10-12-14-16-18-28(36)38-24(20-26(33)34)22-30(4,5)6/h9,11,23-24H,7-8,10,12-22H2,1-6H3/p+2. The maximum absolute atomic E-state index is 12.1. The fourth-order valence-electron chi connectivity index (χ4n) is 4.05. The van der Waals surface area contributed by atoms with Crippen molar-refractivity contribution in [3.63, 3.8) is 0 Å². The molecule has 0 spiro atoms. The van der Waals surface area contributed by atoms with Crippen LogP contribution in [0.4, 0.5) is 0 Å². The molecule has 220 valence electrons. The summed E-state index contributed by atoms with van der Waals surface area (Å²) in [4.78, 5) is 46.2. The number of carboxylic acid groups (broad SMARTS) is 2. The van der Waals surface area contributed by atoms with Gasteiger partial charge in [-0.05, 0) is 32.1 Å². The second-order valence-corrected chi connectivity index (χ2v) is 12.0. The van der Waals surface area contributed by atoms with Gasteiger partial charge in [0, 0.05) is 12.8 Å². The number of allylic oxidation sites excluding steroid dienone is 2. The first-order valence-corrected chi connectivity index (χ1v) is 13.7. The summed E-state index contributed by atoms with van der Waals surface area (Å²) in [6.45, 7) is 0.909. The molecule has 0 aromatic rings. The number of rotatable bonds is 22. The topological polar surface area (TPSA) is 127 Å². The molecule has 0 amide bonds. The van der Waals surface area contributed by atoms with Gasteiger partial charge in [0.15, 0.2) is 12.2 Å². The number of unbranched alkanes of at least 4 members (excludes halogenated alkanes) is 6. The van der Waals surface area contributed by atoms with E-state index in [4.69, 9.17) is 19.7 Å². The van der Waals surface area contributed by atoms with Crippen LogP contribution in [-0.2, 0) is 28.7 Å². The fourth-order valence-corrected chi connectivity index (χ4v) is 4.05. The van der Waals surface area contributed by atoms with Crippen molar-refractivity contribution in [1.82, 2.24) is 0 Å². The molecular weight excluding hydrogens is 492 g/mol. The molecule has 2 N–H and O–H groups in total. The second kappa shape index (κ2) is 18.7. The van der Waals surface area contributed by atoms with Crippen LogP contribution < -0.4 is 0 Å². The van der Waals surface area contributed by atoms with Crippen LogP contribution in [0, 0.1) is 0 Å². The number of hydrogen-bond donors (Lipinski definition) is 2. The summed E-state index contributed by atoms with van der Waals surface area (Å²) in [5, 5.41) is 18.1. The van der Waals surface area contributed by atoms with Gasteiger partial charge in [-0.2, -0.15) is 0 Å². The van der Waals surface area contributed by atoms with Gasteiger partial charge in [0.2, 0.25) is 0 Å². The van der Waals surface area contributed by atoms with Crippen molar-refractivity contribution >= 4 is 23.9 Å². The van der Waals surface area contributed by atoms with Crippen molar-refractivity contribution in [2.75, 3.05) is 55.4 Å². The molecule has 0 fully saturated rings. The summed E-state index contributed by atoms with van der Waals surface area (Å²) in [6.07, 6.45) is 10.3. The van der Waals surface area contributed by atoms with Gasteiger partial charge >= 0.3 is 23.9 Å². The molecule has 38 heavy (non-hydrogen) atoms. The first-order valence-electron chi connectivity index (χ1n) is 13.7. The molecule has 0 aliphatic heterocycles. The van der Waals surface area contributed by atoms with E-state index in [9.17, 15) is 19.2 Å². The third-order valence-electron chi connectivity index (χ3n) is 5.57. The van der Waals surface area contributed by atoms with E-state index in [1.165, 1.54) is 0 Å². The van der Waals surface area contributed by atoms with Crippen molar-refractivity contribution in [2.24, 2.45) is 0 Å². The normalized spacial score (nSPS) is 13.7. The molecule has 0 heterocycles. The zero-order valence-corrected chi connectivity index (χ0v) is 24.4. The first kappa shape index (κ1) is 35.5. The molecule has 0 saturated carbocycles. The van der Waals surface area contributed by atoms with Crippen LogP contribution >= 0.6 is 0 Å². The van der Waals surface area contributed by atoms with Crippen molar-refractivity contribution in [3.05, 3.63) is 12.2 Å². The van der Waals surface area contributed by atoms with Gasteiger partial charge in [-0.25, -0.2) is 0 Å². The summed E-state index contributed by atoms with van der Waals surface area (Å²) in [5.41, 5.74) is 0. The second-order valence-electron chi connectivity index (χ2n) is 12.0. The average molecular weight is 545 g/mol. The average Bonchev–Trinajstić information content (AvgIpc) is 2.70. The number of esters is 2. The molecule has 2 atom stereocenters. The highest BCUT2D eigenvalue weighted by Crippen LogP contribution is 2.12. The van der Waals surface area contributed by atoms with Gasteiger partial charge in [-0.15, -0.1) is 0 Å². The van der Waals surface area contributed by atoms with Gasteiger partial charge in [0.05, 0.1) is 55.1 Å². The molecule has 2 unspecified atom stereocenters. The molecule has 0 saturated heterocycles. The summed E-state index contributed by atoms with van der Waals surface area (Å²) in [7, 11) is 11.6. The highest BCUT2D eigenvalue weighted by Gasteiger charge is 2.25. The zero-order chi connectivity index (χ0) is 29.2. The quantitative estimate of drug-likeness (QED) is 0.0916. The van der Waals surface area contributed by atoms with Crippen LogP contribution in [0.3, 0.4) is 0 Å². The van der Waals surface area contributed by atoms with E-state index in [0.717, 1.165) is 44.9 Å². The molecule has 0 aliphatic rings. The van der Waals surface area contributed by atoms with E-state index in [1.54, 1.807) is 0 Å². The highest BCUT2D eigenvalue weighted by molar-refractivity contribution is 5.72. The van der Waals surface area contributed by atoms with E-state index >= 15 is 0 Å². The number of likely N-dealkylation sites (N-methyl/N-ethyl adjacent to an activating group) is 2. The summed E-state index contributed by atoms with van der Waals surface area (Å²) in [5.74, 6) is -2.63. The fraction of sp³-hybridized carbons (Fsp3) is 0.786. The summed E-state index contributed by atoms with van der Waals surface area (Å²) in [6, 6.07) is 0. The number of hydrogen-bond acceptors (Lipinski definition) is 6. The van der Waals surface area contributed by atoms with Crippen molar-refractivity contribution in [1.29, 1.82) is 0 Å². The molecule has 0 aliphatic carbocycles. The van der Waals surface area contributed by atoms with Crippen LogP contribution in [0.25, 0.3) is 0 Å². The first-order chi connectivity index (χ1) is 17.6. The molecular formula is C28H52N2O8+2. The van der Waals surface area contributed by atoms with Crippen molar-refractivity contribution in [3.8, 4) is 0 Å². The lowest BCUT2D eigenvalue weighted by molar-refractivity contribution is -0.873. The Morgan fingerprint density at radius 3 is 1.39 bits per heavy atom. The number of ether oxygens (including phenoxy) is 2. The van der Waals surface area contributed by atoms with Crippen LogP contribution in [0.15, 0.2) is 12.2 Å². The molecule has 10 heteroatoms. The molecule has 0 aromatic carbocycles. The van der Waals surface area contributed by atoms with Crippen LogP contribution in [0.5, 0.6) is 0 Å². The lowest BCUT2D eigenvalue weighted by atomic mass is 10.1. The third-order valence-corrected chi connectivity index (χ3v) is 5.57. The number of quaternary nitrogens is 2. The Kier molecular flexibility index (Phi) is 17.5. The Hall–Kier alpha value is -2.46. The van der Waals surface area contributed by atoms with E-state index < -0.39 is 24.1 Å². The number of nitrogens with zero attached hydrogens (tertiary/aromatic N) is 2. The maximum Gasteiger partial charge on any atom is 0.307 e. The molecule has 0 rings (SSSR count). The maximum atomic E-state index is 12.1. The SMILES string of the molecule is C[N+](C)(C)CC(CC(=O)O)OC(=O)CCCC=CCCCCCCCC(=O)OC(CC(=O)O)C[N+](C)(C)C. The van der Waals surface area contributed by atoms with E-state index in [1.807, 2.05) is 42.3 Å². The van der Waals surface area contributed by atoms with Crippen molar-refractivity contribution in [2.45, 2.75) is 89.3 Å². The smallest absolute Gasteiger partial charge is 0.307 e. The van der Waals surface area contributed by atoms with Gasteiger partial charge in [-0.1, -0.05) is 31.4 Å². The lowest BCUT2D eigenvalue weighted by Crippen LogP contribution is -2.43. The Labute approximate surface area is 228 Å². The third kappa shape index (κ3) is 23.9. The number of carbonyl (C=O) groups is 4. The minimum absolute atomic E-state index is 0.178. The highest BCUT2D eigenvalue weighted by atomic mass is 16.5. The molecule has 0 aromatic heterocycles. The zero-order valence-electron chi connectivity index (χ0n) is 24.4. The lowest BCUT2D eigenvalue weighted by Gasteiger charge is -2.28. The molecule has 0 bridgehead atoms. The predicted molar refractivity (Wildman–Crippen MR) is 145 cm³/mol. The Morgan fingerprint density at radius 2 is 0.974 bits per heavy atom. The van der Waals surface area contributed by atoms with Crippen LogP contribution in [-0.4, -0.2) is 111 Å². The summed E-state index contributed by atoms with van der Waals surface area (Å²) < 4.78 is 11.8. The van der Waals surface area contributed by atoms with Crippen LogP contribution in [0.1, 0.15) is 77.0 Å². The van der Waals surface area contributed by atoms with E-state index in [2.05, 4.69) is 12.2 Å². The van der Waals surface area contributed by atoms with Gasteiger partial charge in [-0.3, -0.25) is 19.2 Å². The van der Waals surface area contributed by atoms with E-state index in [-0.39, 0.29) is 31.2 Å². The number of carbonyl (C=O) groups excluding carboxylic acids is 2. The molecule has 10 nitrogen and oxygen atoms in total. The number of aliphatic carboxylic acids is 2. The Morgan fingerprint density at radius 1 is 0.605 bits per heavy atom. The van der Waals surface area contributed by atoms with E-state index in [0.29, 0.717) is 34.9 Å². The monoisotopic (exact) mass is 544 g/mol. The minimum Gasteiger partial charge on any atom is -0.481 e. The Bertz CT molecular complexity index is 753. The largest absolute Gasteiger partial charge is 0.481 e. The number of carboxylic acids is 2. The van der Waals surface area contributed by atoms with Crippen LogP contribution in [0.2, 0.25) is 0 Å². The van der Waals surface area contributed by atoms with Gasteiger partial charge < -0.3 is 28.7 Å². The van der Waals surface area contributed by atoms with Gasteiger partial charge in [0.1, 0.15) is 13.1 Å². The Balaban J connectivity index is 3.93. The van der Waals surface area contributed by atoms with Gasteiger partial charge in [0.25, 0.3) is 0 Å².